The van der Waals surface area contributed by atoms with Gasteiger partial charge in [0.2, 0.25) is 35.5 Å². The second-order valence-corrected chi connectivity index (χ2v) is 37.4. The number of aliphatic hydroxyl groups is 3. The van der Waals surface area contributed by atoms with Crippen molar-refractivity contribution in [1.82, 2.24) is 77.5 Å². The highest BCUT2D eigenvalue weighted by Gasteiger charge is 2.79. The number of carboxylic acids is 5. The lowest BCUT2D eigenvalue weighted by Gasteiger charge is -2.63. The number of piperidine rings is 1. The van der Waals surface area contributed by atoms with Crippen LogP contribution in [0, 0.1) is 11.3 Å². The van der Waals surface area contributed by atoms with Crippen molar-refractivity contribution in [3.63, 3.8) is 0 Å². The van der Waals surface area contributed by atoms with Gasteiger partial charge in [0.05, 0.1) is 63.6 Å². The average Bonchev–Trinajstić information content (AvgIpc) is 1.48. The number of nitrogens with two attached hydrogens (primary N) is 3. The standard InChI is InChI=1S/C59H77N9O18S2.C29H38N12O8/c1-7-55(82)26-32-27-58(53(80)85-6,45-34(14-18-67(28-32)30-55)33-12-9-10-13-37(33)61-45)36-22-35-41(25-42(36)84-5)66(4)50-57(35)16-19-68-17-11-15-56(8-2,49(57)68)51(78)59(50,83)52(79)64-65-54(81)86-20-21-87-88-29-40(48(76)77)63-47(75)39(24-44(72)73)62-46(74)38(23-43(70)71)60-31(3)69;1-14(3-2-10-33-28(30)31)36-26(48)19(11-21(44)45)39-25(47)18(8-9-20(42)43)38-24(46)15-4-6-16(7-5-15)34-12-17-13-35-23-22(37-17)27(49)41-29(32)40-23/h9-13,15,22,25,32,38-40,49-51,61,78,82-83H,7-8,14,16-21,23-24,26-30H2,1-6H3,(H,60,69)(H,62,74)(H,63,75)(H,64,79)(H,65,81)(H,70,71)(H,72,73)(H,76,77);4-7,13-14,18-19,34H,2-3,8-12H2,1H3,(H,36,48)(H,38,46)(H,39,47)(H,42,43)(H,44,45)(H4,30,31,33)(H3,32,35,40,41,49)/t32-,38+,39+,40+,49+,50-,51-,55+,56-,57-,58+,59+;14-,18+,19+/m11/s1. The molecule has 47 nitrogen and oxygen atoms in total. The molecular formula is C88H115N21O26S2. The number of nitrogen functional groups attached to an aromatic ring is 1. The number of esters is 1. The highest BCUT2D eigenvalue weighted by molar-refractivity contribution is 8.76. The Labute approximate surface area is 791 Å². The predicted molar refractivity (Wildman–Crippen MR) is 496 cm³/mol. The Morgan fingerprint density at radius 3 is 2.02 bits per heavy atom. The van der Waals surface area contributed by atoms with Crippen LogP contribution >= 0.6 is 21.6 Å². The molecule has 0 radical (unpaired) electrons. The first kappa shape index (κ1) is 104. The Morgan fingerprint density at radius 1 is 0.737 bits per heavy atom. The maximum atomic E-state index is 15.5. The molecule has 6 aliphatic rings. The quantitative estimate of drug-likeness (QED) is 0.00429. The molecule has 3 aromatic heterocycles. The SMILES string of the molecule is CC[C@]1(O)C[C@H]2CN(CCc3c([nH]c4ccccc34)[C@@](C(=O)OC)(c3cc4c(cc3OC)N(C)[C@H]3[C@@](O)(C(=O)NNC(=O)OCCSSC[C@H](NC(=O)[C@H](CC(=O)O)NC(=O)[C@H](CC(=O)O)NC(C)=O)C(=O)O)[C@H](O)[C@]5(CC)C=CCN6CC[C@]43[C@@H]65)C2)C1.C[C@H](CCCN=C(N)N)NC(=O)[C@H](CC(=O)O)NC(=O)[C@H](CCC(=O)O)NC(=O)c1ccc(NCc2cnc3nc(N)[nH]c(=O)c3n2)cc1. The number of hydrogen-bond acceptors (Lipinski definition) is 32. The number of anilines is 3. The molecule has 740 valence electrons. The summed E-state index contributed by atoms with van der Waals surface area (Å²) in [5.41, 5.74) is 17.9. The van der Waals surface area contributed by atoms with Crippen LogP contribution in [0.1, 0.15) is 143 Å². The summed E-state index contributed by atoms with van der Waals surface area (Å²) < 4.78 is 17.7. The molecule has 12 rings (SSSR count). The van der Waals surface area contributed by atoms with Crippen molar-refractivity contribution in [2.45, 2.75) is 194 Å². The van der Waals surface area contributed by atoms with E-state index in [1.165, 1.54) is 32.5 Å². The number of ether oxygens (including phenoxy) is 3. The zero-order valence-corrected chi connectivity index (χ0v) is 77.8. The number of nitrogens with one attached hydrogen (secondary N) is 11. The van der Waals surface area contributed by atoms with Gasteiger partial charge in [-0.2, -0.15) is 4.98 Å². The van der Waals surface area contributed by atoms with Gasteiger partial charge < -0.3 is 119 Å². The average molecular weight is 1950 g/mol. The summed E-state index contributed by atoms with van der Waals surface area (Å²) in [5, 5.41) is 103. The molecule has 2 saturated heterocycles. The summed E-state index contributed by atoms with van der Waals surface area (Å²) in [7, 11) is 6.56. The monoisotopic (exact) mass is 1950 g/mol. The number of methoxy groups -OCH3 is 2. The number of aromatic nitrogens is 5. The third-order valence-electron chi connectivity index (χ3n) is 25.8. The number of para-hydroxylation sites is 1. The van der Waals surface area contributed by atoms with Crippen molar-refractivity contribution >= 4 is 150 Å². The third-order valence-corrected chi connectivity index (χ3v) is 28.1. The molecule has 1 unspecified atom stereocenters. The maximum Gasteiger partial charge on any atom is 0.426 e. The van der Waals surface area contributed by atoms with E-state index in [0.29, 0.717) is 117 Å². The van der Waals surface area contributed by atoms with E-state index in [1.54, 1.807) is 31.0 Å². The number of carboxylic acid groups (broad SMARTS) is 5. The Balaban J connectivity index is 0.000000311. The first-order valence-corrected chi connectivity index (χ1v) is 46.7. The van der Waals surface area contributed by atoms with E-state index in [-0.39, 0.29) is 78.5 Å². The number of carbonyl (C=O) groups is 14. The fourth-order valence-electron chi connectivity index (χ4n) is 19.8. The van der Waals surface area contributed by atoms with E-state index in [1.807, 2.05) is 62.4 Å². The van der Waals surface area contributed by atoms with E-state index in [9.17, 15) is 103 Å². The van der Waals surface area contributed by atoms with Crippen LogP contribution in [-0.4, -0.2) is 309 Å². The van der Waals surface area contributed by atoms with Crippen LogP contribution in [0.4, 0.5) is 22.1 Å². The van der Waals surface area contributed by atoms with Gasteiger partial charge in [-0.25, -0.2) is 25.0 Å². The molecule has 2 bridgehead atoms. The van der Waals surface area contributed by atoms with Crippen LogP contribution in [0.25, 0.3) is 22.1 Å². The lowest BCUT2D eigenvalue weighted by Crippen LogP contribution is -2.82. The van der Waals surface area contributed by atoms with Gasteiger partial charge in [0.25, 0.3) is 17.4 Å². The number of rotatable bonds is 40. The number of guanidine groups is 1. The lowest BCUT2D eigenvalue weighted by molar-refractivity contribution is -0.204. The second-order valence-electron chi connectivity index (χ2n) is 34.7. The number of aromatic amines is 2. The second kappa shape index (κ2) is 44.5. The fourth-order valence-corrected chi connectivity index (χ4v) is 21.8. The maximum absolute atomic E-state index is 15.5. The van der Waals surface area contributed by atoms with Gasteiger partial charge in [-0.05, 0) is 125 Å². The normalized spacial score (nSPS) is 23.4. The molecule has 3 aromatic carbocycles. The minimum atomic E-state index is -2.67. The number of benzene rings is 3. The zero-order valence-electron chi connectivity index (χ0n) is 76.1. The van der Waals surface area contributed by atoms with Crippen molar-refractivity contribution in [3.05, 3.63) is 123 Å². The number of fused-ring (bicyclic) bond motifs is 7. The highest BCUT2D eigenvalue weighted by Crippen LogP contribution is 2.68. The lowest BCUT2D eigenvalue weighted by atomic mass is 9.47. The smallest absolute Gasteiger partial charge is 0.426 e. The molecule has 1 spiro atoms. The highest BCUT2D eigenvalue weighted by atomic mass is 33.1. The summed E-state index contributed by atoms with van der Waals surface area (Å²) in [5.74, 6) is -14.8. The number of aliphatic imine (C=N–C) groups is 1. The van der Waals surface area contributed by atoms with Gasteiger partial charge >= 0.3 is 41.9 Å². The minimum absolute atomic E-state index is 0.0162. The van der Waals surface area contributed by atoms with Crippen LogP contribution in [-0.2, 0) is 90.8 Å². The fraction of sp³-hybridized carbons (Fsp3) is 0.511. The van der Waals surface area contributed by atoms with Crippen LogP contribution in [0.5, 0.6) is 5.75 Å². The largest absolute Gasteiger partial charge is 0.496 e. The number of hydrazine groups is 1. The summed E-state index contributed by atoms with van der Waals surface area (Å²) in [6, 6.07) is 7.51. The molecule has 8 amide bonds. The minimum Gasteiger partial charge on any atom is -0.496 e. The number of likely N-dealkylation sites (N-methyl/N-ethyl adjacent to an activating group) is 1. The van der Waals surface area contributed by atoms with Crippen molar-refractivity contribution in [3.8, 4) is 5.75 Å². The number of aliphatic carboxylic acids is 5. The molecular weight excluding hydrogens is 1830 g/mol. The van der Waals surface area contributed by atoms with E-state index < -0.39 is 196 Å². The van der Waals surface area contributed by atoms with Crippen LogP contribution < -0.4 is 80.5 Å². The summed E-state index contributed by atoms with van der Waals surface area (Å²) in [6.45, 7) is 9.47. The Morgan fingerprint density at radius 2 is 1.39 bits per heavy atom. The number of aliphatic hydroxyl groups excluding tert-OH is 1. The van der Waals surface area contributed by atoms with Gasteiger partial charge in [0.15, 0.2) is 22.7 Å². The van der Waals surface area contributed by atoms with Crippen molar-refractivity contribution in [2.75, 3.05) is 94.6 Å². The Bertz CT molecular complexity index is 5690. The molecule has 1 saturated carbocycles. The first-order chi connectivity index (χ1) is 65.0. The van der Waals surface area contributed by atoms with Gasteiger partial charge in [0.1, 0.15) is 54.1 Å². The number of amides is 8. The van der Waals surface area contributed by atoms with Crippen molar-refractivity contribution in [1.29, 1.82) is 0 Å². The van der Waals surface area contributed by atoms with Crippen LogP contribution in [0.3, 0.4) is 0 Å². The molecule has 1 aliphatic carbocycles. The van der Waals surface area contributed by atoms with Crippen molar-refractivity contribution in [2.24, 2.45) is 27.8 Å². The number of nitrogens with zero attached hydrogens (tertiary/aromatic N) is 7. The molecule has 5 aliphatic heterocycles. The van der Waals surface area contributed by atoms with Gasteiger partial charge in [-0.3, -0.25) is 87.5 Å². The molecule has 25 N–H and O–H groups in total. The molecule has 49 heteroatoms. The number of hydrogen-bond donors (Lipinski definition) is 22. The van der Waals surface area contributed by atoms with Gasteiger partial charge in [-0.1, -0.05) is 65.8 Å². The zero-order chi connectivity index (χ0) is 99.9. The summed E-state index contributed by atoms with van der Waals surface area (Å²) in [6.07, 6.45) is 2.12. The third kappa shape index (κ3) is 23.3. The Kier molecular flexibility index (Phi) is 33.8. The van der Waals surface area contributed by atoms with Gasteiger partial charge in [0, 0.05) is 133 Å². The topological polar surface area (TPSA) is 724 Å². The first-order valence-electron chi connectivity index (χ1n) is 44.2. The summed E-state index contributed by atoms with van der Waals surface area (Å²) >= 11 is 0. The number of H-pyrrole nitrogens is 2. The van der Waals surface area contributed by atoms with E-state index in [4.69, 9.17) is 31.4 Å². The van der Waals surface area contributed by atoms with Crippen molar-refractivity contribution < 1.29 is 122 Å². The van der Waals surface area contributed by atoms with Gasteiger partial charge in [-0.15, -0.1) is 0 Å². The summed E-state index contributed by atoms with van der Waals surface area (Å²) in [4.78, 5) is 219. The number of carbonyl (C=O) groups excluding carboxylic acids is 9. The van der Waals surface area contributed by atoms with Crippen LogP contribution in [0.2, 0.25) is 0 Å². The molecule has 6 aromatic rings. The van der Waals surface area contributed by atoms with E-state index >= 15 is 9.59 Å². The molecule has 16 atom stereocenters. The van der Waals surface area contributed by atoms with Crippen LogP contribution in [0.15, 0.2) is 88.8 Å². The van der Waals surface area contributed by atoms with E-state index in [2.05, 4.69) is 87.8 Å². The predicted octanol–water partition coefficient (Wildman–Crippen LogP) is -0.717. The van der Waals surface area contributed by atoms with E-state index in [0.717, 1.165) is 45.0 Å². The molecule has 137 heavy (non-hydrogen) atoms. The molecule has 3 fully saturated rings. The molecule has 8 heterocycles. The Hall–Kier alpha value is -13.5.